The van der Waals surface area contributed by atoms with Crippen LogP contribution >= 0.6 is 11.6 Å². The number of nitrogens with zero attached hydrogens (tertiary/aromatic N) is 4. The van der Waals surface area contributed by atoms with E-state index in [-0.39, 0.29) is 13.2 Å². The lowest BCUT2D eigenvalue weighted by molar-refractivity contribution is 0.0399. The summed E-state index contributed by atoms with van der Waals surface area (Å²) in [6.07, 6.45) is 1.86. The van der Waals surface area contributed by atoms with Gasteiger partial charge in [0.05, 0.1) is 30.8 Å². The van der Waals surface area contributed by atoms with Crippen molar-refractivity contribution in [3.63, 3.8) is 0 Å². The van der Waals surface area contributed by atoms with Crippen molar-refractivity contribution < 1.29 is 10.2 Å². The molecule has 7 heteroatoms. The third kappa shape index (κ3) is 4.27. The third-order valence-electron chi connectivity index (χ3n) is 3.48. The summed E-state index contributed by atoms with van der Waals surface area (Å²) < 4.78 is 1.69. The van der Waals surface area contributed by atoms with E-state index >= 15 is 0 Å². The molecule has 2 rings (SSSR count). The molecule has 2 aromatic rings. The third-order valence-corrected chi connectivity index (χ3v) is 3.73. The van der Waals surface area contributed by atoms with Gasteiger partial charge in [-0.3, -0.25) is 4.90 Å². The van der Waals surface area contributed by atoms with Crippen LogP contribution in [0.5, 0.6) is 0 Å². The first kappa shape index (κ1) is 16.9. The van der Waals surface area contributed by atoms with Crippen LogP contribution in [0.15, 0.2) is 30.5 Å². The summed E-state index contributed by atoms with van der Waals surface area (Å²) in [5.74, 6) is 0. The fourth-order valence-electron chi connectivity index (χ4n) is 2.22. The first-order valence-electron chi connectivity index (χ1n) is 7.03. The minimum Gasteiger partial charge on any atom is -0.396 e. The zero-order chi connectivity index (χ0) is 16.2. The number of rotatable bonds is 7. The van der Waals surface area contributed by atoms with Gasteiger partial charge in [-0.05, 0) is 31.3 Å². The number of aliphatic hydroxyl groups excluding tert-OH is 2. The Balaban J connectivity index is 2.01. The fraction of sp³-hybridized carbons (Fsp3) is 0.467. The second-order valence-corrected chi connectivity index (χ2v) is 6.37. The Morgan fingerprint density at radius 2 is 1.86 bits per heavy atom. The predicted molar refractivity (Wildman–Crippen MR) is 85.0 cm³/mol. The van der Waals surface area contributed by atoms with E-state index in [1.54, 1.807) is 16.8 Å². The second kappa shape index (κ2) is 7.19. The zero-order valence-electron chi connectivity index (χ0n) is 12.8. The number of aromatic nitrogens is 3. The van der Waals surface area contributed by atoms with Crippen LogP contribution in [0.25, 0.3) is 5.69 Å². The molecule has 0 spiro atoms. The van der Waals surface area contributed by atoms with E-state index < -0.39 is 5.41 Å². The van der Waals surface area contributed by atoms with E-state index in [1.807, 2.05) is 37.2 Å². The van der Waals surface area contributed by atoms with Crippen LogP contribution in [-0.2, 0) is 6.54 Å². The van der Waals surface area contributed by atoms with Crippen molar-refractivity contribution in [3.05, 3.63) is 41.2 Å². The molecule has 0 aliphatic carbocycles. The van der Waals surface area contributed by atoms with Crippen molar-refractivity contribution in [2.24, 2.45) is 5.41 Å². The number of aliphatic hydroxyl groups is 2. The molecule has 0 radical (unpaired) electrons. The van der Waals surface area contributed by atoms with Crippen molar-refractivity contribution in [2.45, 2.75) is 13.5 Å². The lowest BCUT2D eigenvalue weighted by Gasteiger charge is -2.29. The second-order valence-electron chi connectivity index (χ2n) is 5.93. The highest BCUT2D eigenvalue weighted by molar-refractivity contribution is 6.30. The standard InChI is InChI=1S/C15H21ClN4O2/c1-15(10-21,11-22)9-19(2)7-13-8-20(18-17-13)14-5-3-12(16)4-6-14/h3-6,8,21-22H,7,9-11H2,1-2H3. The quantitative estimate of drug-likeness (QED) is 0.804. The molecular weight excluding hydrogens is 304 g/mol. The summed E-state index contributed by atoms with van der Waals surface area (Å²) in [5, 5.41) is 27.6. The van der Waals surface area contributed by atoms with E-state index in [2.05, 4.69) is 10.3 Å². The molecule has 0 saturated heterocycles. The molecule has 120 valence electrons. The van der Waals surface area contributed by atoms with Gasteiger partial charge in [-0.25, -0.2) is 4.68 Å². The smallest absolute Gasteiger partial charge is 0.0971 e. The van der Waals surface area contributed by atoms with Crippen molar-refractivity contribution in [1.29, 1.82) is 0 Å². The van der Waals surface area contributed by atoms with Crippen LogP contribution in [-0.4, -0.2) is 56.9 Å². The Labute approximate surface area is 134 Å². The van der Waals surface area contributed by atoms with Crippen LogP contribution in [0.1, 0.15) is 12.6 Å². The van der Waals surface area contributed by atoms with Gasteiger partial charge in [-0.1, -0.05) is 23.7 Å². The van der Waals surface area contributed by atoms with Crippen molar-refractivity contribution in [2.75, 3.05) is 26.8 Å². The van der Waals surface area contributed by atoms with Gasteiger partial charge >= 0.3 is 0 Å². The summed E-state index contributed by atoms with van der Waals surface area (Å²) in [6.45, 7) is 2.86. The van der Waals surface area contributed by atoms with E-state index in [4.69, 9.17) is 11.6 Å². The minimum atomic E-state index is -0.527. The molecular formula is C15H21ClN4O2. The van der Waals surface area contributed by atoms with Crippen LogP contribution in [0.3, 0.4) is 0 Å². The molecule has 0 saturated carbocycles. The molecule has 1 heterocycles. The first-order chi connectivity index (χ1) is 10.5. The molecule has 0 atom stereocenters. The molecule has 0 fully saturated rings. The van der Waals surface area contributed by atoms with Crippen LogP contribution in [0, 0.1) is 5.41 Å². The van der Waals surface area contributed by atoms with Crippen molar-refractivity contribution in [3.8, 4) is 5.69 Å². The Bertz CT molecular complexity index is 596. The molecule has 0 aliphatic rings. The lowest BCUT2D eigenvalue weighted by Crippen LogP contribution is -2.38. The van der Waals surface area contributed by atoms with Gasteiger partial charge in [0.15, 0.2) is 0 Å². The summed E-state index contributed by atoms with van der Waals surface area (Å²) >= 11 is 5.87. The number of hydrogen-bond donors (Lipinski definition) is 2. The Morgan fingerprint density at radius 3 is 2.45 bits per heavy atom. The highest BCUT2D eigenvalue weighted by Crippen LogP contribution is 2.17. The molecule has 1 aromatic carbocycles. The Kier molecular flexibility index (Phi) is 5.52. The Morgan fingerprint density at radius 1 is 1.23 bits per heavy atom. The summed E-state index contributed by atoms with van der Waals surface area (Å²) in [7, 11) is 1.92. The highest BCUT2D eigenvalue weighted by Gasteiger charge is 2.24. The maximum Gasteiger partial charge on any atom is 0.0971 e. The SMILES string of the molecule is CN(Cc1cn(-c2ccc(Cl)cc2)nn1)CC(C)(CO)CO. The van der Waals surface area contributed by atoms with Gasteiger partial charge in [0.1, 0.15) is 0 Å². The predicted octanol–water partition coefficient (Wildman–Crippen LogP) is 1.34. The van der Waals surface area contributed by atoms with Gasteiger partial charge in [0.25, 0.3) is 0 Å². The maximum absolute atomic E-state index is 9.35. The van der Waals surface area contributed by atoms with Crippen LogP contribution in [0.2, 0.25) is 5.02 Å². The molecule has 1 aromatic heterocycles. The van der Waals surface area contributed by atoms with Gasteiger partial charge in [0.2, 0.25) is 0 Å². The maximum atomic E-state index is 9.35. The molecule has 6 nitrogen and oxygen atoms in total. The summed E-state index contributed by atoms with van der Waals surface area (Å²) in [4.78, 5) is 2.00. The molecule has 0 unspecified atom stereocenters. The zero-order valence-corrected chi connectivity index (χ0v) is 13.5. The molecule has 0 bridgehead atoms. The fourth-order valence-corrected chi connectivity index (χ4v) is 2.35. The minimum absolute atomic E-state index is 0.0642. The van der Waals surface area contributed by atoms with Gasteiger partial charge in [0, 0.05) is 23.5 Å². The van der Waals surface area contributed by atoms with E-state index in [9.17, 15) is 10.2 Å². The van der Waals surface area contributed by atoms with Crippen molar-refractivity contribution in [1.82, 2.24) is 19.9 Å². The average molecular weight is 325 g/mol. The highest BCUT2D eigenvalue weighted by atomic mass is 35.5. The molecule has 0 aliphatic heterocycles. The Hall–Kier alpha value is -1.47. The molecule has 22 heavy (non-hydrogen) atoms. The topological polar surface area (TPSA) is 74.4 Å². The van der Waals surface area contributed by atoms with Crippen LogP contribution < -0.4 is 0 Å². The lowest BCUT2D eigenvalue weighted by atomic mass is 9.92. The summed E-state index contributed by atoms with van der Waals surface area (Å²) in [6, 6.07) is 7.36. The summed E-state index contributed by atoms with van der Waals surface area (Å²) in [5.41, 5.74) is 1.18. The first-order valence-corrected chi connectivity index (χ1v) is 7.41. The van der Waals surface area contributed by atoms with Crippen molar-refractivity contribution >= 4 is 11.6 Å². The van der Waals surface area contributed by atoms with E-state index in [1.165, 1.54) is 0 Å². The number of hydrogen-bond acceptors (Lipinski definition) is 5. The van der Waals surface area contributed by atoms with Crippen LogP contribution in [0.4, 0.5) is 0 Å². The number of benzene rings is 1. The number of halogens is 1. The van der Waals surface area contributed by atoms with Gasteiger partial charge in [-0.15, -0.1) is 5.10 Å². The largest absolute Gasteiger partial charge is 0.396 e. The molecule has 2 N–H and O–H groups in total. The average Bonchev–Trinajstić information content (AvgIpc) is 2.96. The van der Waals surface area contributed by atoms with E-state index in [0.717, 1.165) is 11.4 Å². The van der Waals surface area contributed by atoms with Gasteiger partial charge < -0.3 is 10.2 Å². The normalized spacial score (nSPS) is 12.1. The van der Waals surface area contributed by atoms with E-state index in [0.29, 0.717) is 18.1 Å². The van der Waals surface area contributed by atoms with Gasteiger partial charge in [-0.2, -0.15) is 0 Å². The molecule has 0 amide bonds. The monoisotopic (exact) mass is 324 g/mol.